The number of carbonyl (C=O) groups excluding carboxylic acids is 1. The molecule has 2 nitrogen and oxygen atoms in total. The number of carbonyl (C=O) groups is 1. The first-order valence-electron chi connectivity index (χ1n) is 5.09. The van der Waals surface area contributed by atoms with E-state index in [0.717, 1.165) is 0 Å². The standard InChI is InChI=1S/C13H18O2/c1-10-5-7-11(8-6-10)13(2,3)9-12(14)15-4/h5-8H,9H2,1-4H3. The van der Waals surface area contributed by atoms with Crippen LogP contribution in [0, 0.1) is 6.92 Å². The summed E-state index contributed by atoms with van der Waals surface area (Å²) >= 11 is 0. The van der Waals surface area contributed by atoms with Crippen molar-refractivity contribution < 1.29 is 9.53 Å². The number of benzene rings is 1. The van der Waals surface area contributed by atoms with Gasteiger partial charge in [-0.1, -0.05) is 43.7 Å². The van der Waals surface area contributed by atoms with E-state index in [1.165, 1.54) is 18.2 Å². The van der Waals surface area contributed by atoms with Gasteiger partial charge >= 0.3 is 5.97 Å². The van der Waals surface area contributed by atoms with Crippen molar-refractivity contribution in [3.05, 3.63) is 35.4 Å². The van der Waals surface area contributed by atoms with Gasteiger partial charge in [-0.15, -0.1) is 0 Å². The molecule has 0 N–H and O–H groups in total. The van der Waals surface area contributed by atoms with Crippen LogP contribution in [0.2, 0.25) is 0 Å². The summed E-state index contributed by atoms with van der Waals surface area (Å²) < 4.78 is 4.69. The summed E-state index contributed by atoms with van der Waals surface area (Å²) in [5.41, 5.74) is 2.23. The summed E-state index contributed by atoms with van der Waals surface area (Å²) in [7, 11) is 1.42. The van der Waals surface area contributed by atoms with Crippen LogP contribution < -0.4 is 0 Å². The van der Waals surface area contributed by atoms with Crippen molar-refractivity contribution in [1.82, 2.24) is 0 Å². The summed E-state index contributed by atoms with van der Waals surface area (Å²) in [5.74, 6) is -0.166. The average Bonchev–Trinajstić information content (AvgIpc) is 2.17. The Bertz CT molecular complexity index is 336. The van der Waals surface area contributed by atoms with E-state index in [2.05, 4.69) is 45.0 Å². The zero-order valence-corrected chi connectivity index (χ0v) is 9.83. The van der Waals surface area contributed by atoms with Crippen molar-refractivity contribution in [2.24, 2.45) is 0 Å². The van der Waals surface area contributed by atoms with E-state index >= 15 is 0 Å². The number of ether oxygens (including phenoxy) is 1. The Labute approximate surface area is 91.3 Å². The van der Waals surface area contributed by atoms with Gasteiger partial charge in [0.05, 0.1) is 13.5 Å². The van der Waals surface area contributed by atoms with Crippen molar-refractivity contribution in [1.29, 1.82) is 0 Å². The summed E-state index contributed by atoms with van der Waals surface area (Å²) in [6, 6.07) is 8.26. The van der Waals surface area contributed by atoms with Gasteiger partial charge in [0, 0.05) is 5.41 Å². The number of hydrogen-bond acceptors (Lipinski definition) is 2. The van der Waals surface area contributed by atoms with Gasteiger partial charge in [0.1, 0.15) is 0 Å². The van der Waals surface area contributed by atoms with Crippen LogP contribution in [0.3, 0.4) is 0 Å². The van der Waals surface area contributed by atoms with Crippen LogP contribution in [0.25, 0.3) is 0 Å². The smallest absolute Gasteiger partial charge is 0.306 e. The number of aryl methyl sites for hydroxylation is 1. The van der Waals surface area contributed by atoms with Crippen molar-refractivity contribution in [3.63, 3.8) is 0 Å². The van der Waals surface area contributed by atoms with Crippen LogP contribution in [0.15, 0.2) is 24.3 Å². The highest BCUT2D eigenvalue weighted by Gasteiger charge is 2.24. The lowest BCUT2D eigenvalue weighted by molar-refractivity contribution is -0.141. The maximum Gasteiger partial charge on any atom is 0.306 e. The van der Waals surface area contributed by atoms with Crippen LogP contribution in [0.4, 0.5) is 0 Å². The molecule has 82 valence electrons. The number of rotatable bonds is 3. The topological polar surface area (TPSA) is 26.3 Å². The third-order valence-electron chi connectivity index (χ3n) is 2.65. The molecule has 0 aliphatic rings. The molecule has 0 saturated carbocycles. The van der Waals surface area contributed by atoms with Crippen molar-refractivity contribution in [2.45, 2.75) is 32.6 Å². The first-order valence-corrected chi connectivity index (χ1v) is 5.09. The Morgan fingerprint density at radius 3 is 2.27 bits per heavy atom. The minimum atomic E-state index is -0.166. The van der Waals surface area contributed by atoms with Gasteiger partial charge in [-0.25, -0.2) is 0 Å². The number of esters is 1. The van der Waals surface area contributed by atoms with Crippen molar-refractivity contribution in [2.75, 3.05) is 7.11 Å². The predicted octanol–water partition coefficient (Wildman–Crippen LogP) is 2.84. The molecule has 1 aromatic carbocycles. The largest absolute Gasteiger partial charge is 0.469 e. The van der Waals surface area contributed by atoms with Crippen LogP contribution in [0.5, 0.6) is 0 Å². The van der Waals surface area contributed by atoms with Gasteiger partial charge < -0.3 is 4.74 Å². The first kappa shape index (κ1) is 11.8. The van der Waals surface area contributed by atoms with Gasteiger partial charge in [-0.2, -0.15) is 0 Å². The van der Waals surface area contributed by atoms with Gasteiger partial charge in [0.2, 0.25) is 0 Å². The quantitative estimate of drug-likeness (QED) is 0.711. The van der Waals surface area contributed by atoms with E-state index in [9.17, 15) is 4.79 Å². The minimum Gasteiger partial charge on any atom is -0.469 e. The fraction of sp³-hybridized carbons (Fsp3) is 0.462. The number of methoxy groups -OCH3 is 1. The Kier molecular flexibility index (Phi) is 3.51. The molecular formula is C13H18O2. The molecule has 0 aliphatic heterocycles. The molecule has 0 spiro atoms. The van der Waals surface area contributed by atoms with Crippen molar-refractivity contribution >= 4 is 5.97 Å². The van der Waals surface area contributed by atoms with E-state index < -0.39 is 0 Å². The summed E-state index contributed by atoms with van der Waals surface area (Å²) in [6.07, 6.45) is 0.409. The molecule has 0 aromatic heterocycles. The lowest BCUT2D eigenvalue weighted by Gasteiger charge is -2.23. The van der Waals surface area contributed by atoms with E-state index in [4.69, 9.17) is 4.74 Å². The molecule has 0 atom stereocenters. The van der Waals surface area contributed by atoms with E-state index in [-0.39, 0.29) is 11.4 Å². The third kappa shape index (κ3) is 3.08. The normalized spacial score (nSPS) is 11.2. The molecule has 1 rings (SSSR count). The molecule has 0 radical (unpaired) electrons. The summed E-state index contributed by atoms with van der Waals surface area (Å²) in [5, 5.41) is 0. The Morgan fingerprint density at radius 2 is 1.80 bits per heavy atom. The third-order valence-corrected chi connectivity index (χ3v) is 2.65. The molecule has 0 amide bonds. The summed E-state index contributed by atoms with van der Waals surface area (Å²) in [4.78, 5) is 11.2. The van der Waals surface area contributed by atoms with Crippen LogP contribution in [-0.2, 0) is 14.9 Å². The molecule has 0 saturated heterocycles. The second-order valence-corrected chi connectivity index (χ2v) is 4.50. The second kappa shape index (κ2) is 4.47. The highest BCUT2D eigenvalue weighted by Crippen LogP contribution is 2.27. The lowest BCUT2D eigenvalue weighted by atomic mass is 9.81. The first-order chi connectivity index (χ1) is 6.95. The highest BCUT2D eigenvalue weighted by atomic mass is 16.5. The Balaban J connectivity index is 2.85. The van der Waals surface area contributed by atoms with Gasteiger partial charge in [-0.05, 0) is 12.5 Å². The Hall–Kier alpha value is -1.31. The van der Waals surface area contributed by atoms with Gasteiger partial charge in [0.25, 0.3) is 0 Å². The average molecular weight is 206 g/mol. The van der Waals surface area contributed by atoms with E-state index in [1.54, 1.807) is 0 Å². The fourth-order valence-corrected chi connectivity index (χ4v) is 1.54. The fourth-order valence-electron chi connectivity index (χ4n) is 1.54. The van der Waals surface area contributed by atoms with Gasteiger partial charge in [-0.3, -0.25) is 4.79 Å². The molecule has 0 heterocycles. The molecule has 0 bridgehead atoms. The monoisotopic (exact) mass is 206 g/mol. The SMILES string of the molecule is COC(=O)CC(C)(C)c1ccc(C)cc1. The maximum absolute atomic E-state index is 11.2. The lowest BCUT2D eigenvalue weighted by Crippen LogP contribution is -2.22. The Morgan fingerprint density at radius 1 is 1.27 bits per heavy atom. The molecule has 0 unspecified atom stereocenters. The molecule has 0 aliphatic carbocycles. The highest BCUT2D eigenvalue weighted by molar-refractivity contribution is 5.71. The van der Waals surface area contributed by atoms with Crippen molar-refractivity contribution in [3.8, 4) is 0 Å². The van der Waals surface area contributed by atoms with Crippen LogP contribution in [-0.4, -0.2) is 13.1 Å². The second-order valence-electron chi connectivity index (χ2n) is 4.50. The minimum absolute atomic E-state index is 0.166. The maximum atomic E-state index is 11.2. The zero-order chi connectivity index (χ0) is 11.5. The van der Waals surface area contributed by atoms with E-state index in [1.807, 2.05) is 0 Å². The van der Waals surface area contributed by atoms with Crippen LogP contribution in [0.1, 0.15) is 31.4 Å². The predicted molar refractivity (Wildman–Crippen MR) is 60.8 cm³/mol. The van der Waals surface area contributed by atoms with Gasteiger partial charge in [0.15, 0.2) is 0 Å². The van der Waals surface area contributed by atoms with E-state index in [0.29, 0.717) is 6.42 Å². The number of hydrogen-bond donors (Lipinski definition) is 0. The molecular weight excluding hydrogens is 188 g/mol. The molecule has 15 heavy (non-hydrogen) atoms. The van der Waals surface area contributed by atoms with Crippen LogP contribution >= 0.6 is 0 Å². The summed E-state index contributed by atoms with van der Waals surface area (Å²) in [6.45, 7) is 6.15. The molecule has 0 fully saturated rings. The zero-order valence-electron chi connectivity index (χ0n) is 9.83. The molecule has 1 aromatic rings. The molecule has 2 heteroatoms.